The highest BCUT2D eigenvalue weighted by Gasteiger charge is 2.29. The van der Waals surface area contributed by atoms with E-state index in [1.807, 2.05) is 35.8 Å². The van der Waals surface area contributed by atoms with E-state index in [-0.39, 0.29) is 17.8 Å². The number of hydrogen-bond donors (Lipinski definition) is 2. The number of aromatic nitrogens is 3. The molecule has 1 atom stereocenters. The van der Waals surface area contributed by atoms with Crippen LogP contribution in [0.25, 0.3) is 17.1 Å². The van der Waals surface area contributed by atoms with Crippen molar-refractivity contribution in [2.45, 2.75) is 12.5 Å². The molecule has 4 aromatic rings. The maximum atomic E-state index is 13.3. The van der Waals surface area contributed by atoms with Crippen molar-refractivity contribution in [2.75, 3.05) is 7.11 Å². The van der Waals surface area contributed by atoms with Gasteiger partial charge < -0.3 is 5.32 Å². The van der Waals surface area contributed by atoms with Gasteiger partial charge in [-0.1, -0.05) is 42.5 Å². The predicted octanol–water partition coefficient (Wildman–Crippen LogP) is 2.66. The van der Waals surface area contributed by atoms with Crippen molar-refractivity contribution in [3.8, 4) is 17.1 Å². The molecule has 2 N–H and O–H groups in total. The van der Waals surface area contributed by atoms with Crippen molar-refractivity contribution in [2.24, 2.45) is 0 Å². The molecule has 0 bridgehead atoms. The van der Waals surface area contributed by atoms with Crippen LogP contribution in [-0.4, -0.2) is 45.5 Å². The molecular formula is C26H22FN5O4. The number of nitrogens with zero attached hydrogens (tertiary/aromatic N) is 3. The van der Waals surface area contributed by atoms with Crippen LogP contribution in [0, 0.1) is 5.82 Å². The molecule has 2 aromatic carbocycles. The summed E-state index contributed by atoms with van der Waals surface area (Å²) in [5.41, 5.74) is 4.24. The Hall–Kier alpha value is -4.70. The minimum absolute atomic E-state index is 0.0441. The Kier molecular flexibility index (Phi) is 7.57. The number of hydrogen-bond acceptors (Lipinski definition) is 6. The number of carbonyl (C=O) groups is 3. The van der Waals surface area contributed by atoms with Gasteiger partial charge in [0.05, 0.1) is 18.4 Å². The number of benzene rings is 2. The van der Waals surface area contributed by atoms with Gasteiger partial charge in [0.2, 0.25) is 5.78 Å². The number of nitrogens with one attached hydrogen (secondary N) is 2. The Morgan fingerprint density at radius 2 is 1.75 bits per heavy atom. The number of carbonyl (C=O) groups excluding carboxylic acids is 3. The van der Waals surface area contributed by atoms with Crippen LogP contribution in [0.3, 0.4) is 0 Å². The lowest BCUT2D eigenvalue weighted by molar-refractivity contribution is -0.145. The second kappa shape index (κ2) is 11.2. The van der Waals surface area contributed by atoms with Gasteiger partial charge in [0.25, 0.3) is 5.91 Å². The summed E-state index contributed by atoms with van der Waals surface area (Å²) in [6, 6.07) is 18.6. The van der Waals surface area contributed by atoms with Gasteiger partial charge in [0.1, 0.15) is 11.9 Å². The molecule has 0 spiro atoms. The first-order valence-corrected chi connectivity index (χ1v) is 10.9. The maximum absolute atomic E-state index is 13.3. The molecule has 0 saturated carbocycles. The van der Waals surface area contributed by atoms with Crippen molar-refractivity contribution >= 4 is 17.6 Å². The third kappa shape index (κ3) is 5.68. The standard InChI is InChI=1S/C26H22FN5O4/c1-36-31-26(35)23(33)22(16-17-9-11-19(27)12-10-17)29-25(34)20-8-5-14-28-24(20)32-15-13-21(30-32)18-6-3-2-4-7-18/h2-15,22H,16H2,1H3,(H,29,34)(H,31,35)/t22-/m1/s1. The van der Waals surface area contributed by atoms with Crippen LogP contribution in [0.5, 0.6) is 0 Å². The zero-order chi connectivity index (χ0) is 25.5. The highest BCUT2D eigenvalue weighted by atomic mass is 19.1. The van der Waals surface area contributed by atoms with Crippen molar-refractivity contribution in [1.29, 1.82) is 0 Å². The van der Waals surface area contributed by atoms with E-state index >= 15 is 0 Å². The van der Waals surface area contributed by atoms with Crippen LogP contribution >= 0.6 is 0 Å². The highest BCUT2D eigenvalue weighted by Crippen LogP contribution is 2.19. The van der Waals surface area contributed by atoms with Crippen molar-refractivity contribution in [3.63, 3.8) is 0 Å². The average molecular weight is 487 g/mol. The molecule has 4 rings (SSSR count). The topological polar surface area (TPSA) is 115 Å². The van der Waals surface area contributed by atoms with Crippen molar-refractivity contribution in [3.05, 3.63) is 102 Å². The van der Waals surface area contributed by atoms with E-state index in [1.165, 1.54) is 48.3 Å². The van der Waals surface area contributed by atoms with Crippen LogP contribution in [-0.2, 0) is 20.8 Å². The summed E-state index contributed by atoms with van der Waals surface area (Å²) < 4.78 is 14.8. The predicted molar refractivity (Wildman–Crippen MR) is 128 cm³/mol. The number of halogens is 1. The molecular weight excluding hydrogens is 465 g/mol. The van der Waals surface area contributed by atoms with E-state index in [0.29, 0.717) is 11.3 Å². The molecule has 0 fully saturated rings. The summed E-state index contributed by atoms with van der Waals surface area (Å²) in [6.45, 7) is 0. The molecule has 36 heavy (non-hydrogen) atoms. The molecule has 2 heterocycles. The Bertz CT molecular complexity index is 1370. The SMILES string of the molecule is CONC(=O)C(=O)[C@@H](Cc1ccc(F)cc1)NC(=O)c1cccnc1-n1ccc(-c2ccccc2)n1. The fourth-order valence-electron chi connectivity index (χ4n) is 3.56. The third-order valence-electron chi connectivity index (χ3n) is 5.30. The Balaban J connectivity index is 1.61. The Labute approximate surface area is 205 Å². The normalized spacial score (nSPS) is 11.5. The molecule has 182 valence electrons. The van der Waals surface area contributed by atoms with E-state index in [4.69, 9.17) is 0 Å². The largest absolute Gasteiger partial charge is 0.341 e. The van der Waals surface area contributed by atoms with Crippen LogP contribution in [0.1, 0.15) is 15.9 Å². The smallest absolute Gasteiger partial charge is 0.313 e. The molecule has 0 aliphatic rings. The van der Waals surface area contributed by atoms with Gasteiger partial charge in [-0.3, -0.25) is 19.2 Å². The number of Topliss-reactive ketones (excluding diaryl/α,β-unsaturated/α-hetero) is 1. The molecule has 0 aliphatic carbocycles. The maximum Gasteiger partial charge on any atom is 0.313 e. The van der Waals surface area contributed by atoms with E-state index in [9.17, 15) is 18.8 Å². The summed E-state index contributed by atoms with van der Waals surface area (Å²) in [5.74, 6) is -2.80. The summed E-state index contributed by atoms with van der Waals surface area (Å²) in [4.78, 5) is 47.1. The number of pyridine rings is 1. The first kappa shape index (κ1) is 24.4. The van der Waals surface area contributed by atoms with Gasteiger partial charge in [0.15, 0.2) is 5.82 Å². The second-order valence-corrected chi connectivity index (χ2v) is 7.74. The number of hydroxylamine groups is 1. The first-order valence-electron chi connectivity index (χ1n) is 10.9. The van der Waals surface area contributed by atoms with Gasteiger partial charge in [-0.15, -0.1) is 0 Å². The van der Waals surface area contributed by atoms with Gasteiger partial charge in [-0.25, -0.2) is 19.5 Å². The molecule has 2 amide bonds. The molecule has 10 heteroatoms. The molecule has 2 aromatic heterocycles. The second-order valence-electron chi connectivity index (χ2n) is 7.74. The molecule has 0 aliphatic heterocycles. The van der Waals surface area contributed by atoms with Gasteiger partial charge in [0, 0.05) is 24.4 Å². The third-order valence-corrected chi connectivity index (χ3v) is 5.30. The Morgan fingerprint density at radius 1 is 1.00 bits per heavy atom. The van der Waals surface area contributed by atoms with Crippen LogP contribution < -0.4 is 10.8 Å². The van der Waals surface area contributed by atoms with Crippen LogP contribution in [0.4, 0.5) is 4.39 Å². The minimum Gasteiger partial charge on any atom is -0.341 e. The number of ketones is 1. The Morgan fingerprint density at radius 3 is 2.47 bits per heavy atom. The molecule has 9 nitrogen and oxygen atoms in total. The first-order chi connectivity index (χ1) is 17.5. The summed E-state index contributed by atoms with van der Waals surface area (Å²) >= 11 is 0. The quantitative estimate of drug-likeness (QED) is 0.277. The van der Waals surface area contributed by atoms with Gasteiger partial charge in [-0.2, -0.15) is 5.10 Å². The molecule has 0 radical (unpaired) electrons. The average Bonchev–Trinajstić information content (AvgIpc) is 3.40. The van der Waals surface area contributed by atoms with Crippen molar-refractivity contribution < 1.29 is 23.6 Å². The summed E-state index contributed by atoms with van der Waals surface area (Å²) in [6.07, 6.45) is 3.15. The fraction of sp³-hybridized carbons (Fsp3) is 0.115. The van der Waals surface area contributed by atoms with E-state index in [1.54, 1.807) is 18.3 Å². The lowest BCUT2D eigenvalue weighted by Crippen LogP contribution is -2.48. The van der Waals surface area contributed by atoms with Gasteiger partial charge in [-0.05, 0) is 35.9 Å². The summed E-state index contributed by atoms with van der Waals surface area (Å²) in [5, 5.41) is 7.13. The lowest BCUT2D eigenvalue weighted by Gasteiger charge is -2.18. The van der Waals surface area contributed by atoms with Crippen LogP contribution in [0.2, 0.25) is 0 Å². The zero-order valence-corrected chi connectivity index (χ0v) is 19.2. The van der Waals surface area contributed by atoms with E-state index in [2.05, 4.69) is 20.2 Å². The van der Waals surface area contributed by atoms with Crippen LogP contribution in [0.15, 0.2) is 85.2 Å². The highest BCUT2D eigenvalue weighted by molar-refractivity contribution is 6.38. The van der Waals surface area contributed by atoms with E-state index in [0.717, 1.165) is 5.56 Å². The monoisotopic (exact) mass is 487 g/mol. The number of amides is 2. The van der Waals surface area contributed by atoms with E-state index < -0.39 is 29.5 Å². The van der Waals surface area contributed by atoms with Crippen molar-refractivity contribution in [1.82, 2.24) is 25.6 Å². The molecule has 0 unspecified atom stereocenters. The zero-order valence-electron chi connectivity index (χ0n) is 19.2. The lowest BCUT2D eigenvalue weighted by atomic mass is 10.0. The summed E-state index contributed by atoms with van der Waals surface area (Å²) in [7, 11) is 1.19. The molecule has 0 saturated heterocycles. The van der Waals surface area contributed by atoms with Gasteiger partial charge >= 0.3 is 5.91 Å². The minimum atomic E-state index is -1.25. The fourth-order valence-corrected chi connectivity index (χ4v) is 3.56. The number of rotatable bonds is 9.